The quantitative estimate of drug-likeness (QED) is 0.869. The summed E-state index contributed by atoms with van der Waals surface area (Å²) in [6, 6.07) is -0.0872. The van der Waals surface area contributed by atoms with Gasteiger partial charge in [0.15, 0.2) is 5.89 Å². The highest BCUT2D eigenvalue weighted by molar-refractivity contribution is 7.09. The van der Waals surface area contributed by atoms with Gasteiger partial charge in [0.1, 0.15) is 5.01 Å². The fraction of sp³-hybridized carbons (Fsp3) is 0.500. The minimum Gasteiger partial charge on any atom is -0.435 e. The molecule has 0 bridgehead atoms. The Morgan fingerprint density at radius 1 is 1.45 bits per heavy atom. The van der Waals surface area contributed by atoms with E-state index in [1.807, 2.05) is 26.2 Å². The summed E-state index contributed by atoms with van der Waals surface area (Å²) in [6.45, 7) is 7.65. The van der Waals surface area contributed by atoms with Crippen molar-refractivity contribution < 1.29 is 9.21 Å². The molecule has 1 atom stereocenters. The Morgan fingerprint density at radius 2 is 2.15 bits per heavy atom. The Morgan fingerprint density at radius 3 is 2.65 bits per heavy atom. The molecule has 20 heavy (non-hydrogen) atoms. The van der Waals surface area contributed by atoms with E-state index in [1.54, 1.807) is 30.2 Å². The number of hydrogen-bond acceptors (Lipinski definition) is 5. The standard InChI is InChI=1S/C14H19N3O2S/c1-6-11-16-9(3)12(19-11)14(18)17(5)10(4)13-15-8(2)7-20-13/h7,10H,6H2,1-5H3/t10-/m1/s1. The monoisotopic (exact) mass is 293 g/mol. The molecule has 0 fully saturated rings. The van der Waals surface area contributed by atoms with E-state index in [1.165, 1.54) is 0 Å². The molecule has 0 aliphatic carbocycles. The van der Waals surface area contributed by atoms with E-state index in [0.717, 1.165) is 10.7 Å². The number of hydrogen-bond donors (Lipinski definition) is 0. The molecule has 0 aliphatic heterocycles. The first-order valence-corrected chi connectivity index (χ1v) is 7.47. The van der Waals surface area contributed by atoms with Gasteiger partial charge < -0.3 is 9.32 Å². The molecular formula is C14H19N3O2S. The molecule has 0 N–H and O–H groups in total. The first kappa shape index (κ1) is 14.7. The van der Waals surface area contributed by atoms with Crippen LogP contribution in [0.25, 0.3) is 0 Å². The van der Waals surface area contributed by atoms with Crippen LogP contribution in [0.4, 0.5) is 0 Å². The van der Waals surface area contributed by atoms with Gasteiger partial charge in [-0.25, -0.2) is 9.97 Å². The lowest BCUT2D eigenvalue weighted by Gasteiger charge is -2.22. The van der Waals surface area contributed by atoms with Crippen molar-refractivity contribution in [2.45, 2.75) is 40.2 Å². The third kappa shape index (κ3) is 2.75. The molecule has 2 rings (SSSR count). The highest BCUT2D eigenvalue weighted by atomic mass is 32.1. The lowest BCUT2D eigenvalue weighted by atomic mass is 10.2. The molecule has 2 aromatic rings. The third-order valence-corrected chi connectivity index (χ3v) is 4.37. The Bertz CT molecular complexity index is 618. The highest BCUT2D eigenvalue weighted by Crippen LogP contribution is 2.25. The molecule has 108 valence electrons. The molecule has 0 radical (unpaired) electrons. The summed E-state index contributed by atoms with van der Waals surface area (Å²) >= 11 is 1.56. The van der Waals surface area contributed by atoms with Crippen LogP contribution in [0.2, 0.25) is 0 Å². The van der Waals surface area contributed by atoms with Crippen LogP contribution >= 0.6 is 11.3 Å². The number of amides is 1. The second kappa shape index (κ2) is 5.75. The average molecular weight is 293 g/mol. The van der Waals surface area contributed by atoms with Crippen molar-refractivity contribution in [2.24, 2.45) is 0 Å². The zero-order chi connectivity index (χ0) is 14.9. The molecule has 0 spiro atoms. The van der Waals surface area contributed by atoms with Gasteiger partial charge in [-0.05, 0) is 20.8 Å². The fourth-order valence-electron chi connectivity index (χ4n) is 1.87. The predicted molar refractivity (Wildman–Crippen MR) is 78.0 cm³/mol. The summed E-state index contributed by atoms with van der Waals surface area (Å²) in [5.41, 5.74) is 1.61. The van der Waals surface area contributed by atoms with Crippen LogP contribution in [0, 0.1) is 13.8 Å². The van der Waals surface area contributed by atoms with E-state index in [4.69, 9.17) is 4.42 Å². The molecule has 0 aliphatic rings. The molecule has 0 saturated heterocycles. The Balaban J connectivity index is 2.21. The Hall–Kier alpha value is -1.69. The molecule has 0 unspecified atom stereocenters. The van der Waals surface area contributed by atoms with Crippen LogP contribution < -0.4 is 0 Å². The van der Waals surface area contributed by atoms with Gasteiger partial charge in [0, 0.05) is 24.5 Å². The summed E-state index contributed by atoms with van der Waals surface area (Å²) in [7, 11) is 1.76. The molecule has 0 saturated carbocycles. The smallest absolute Gasteiger partial charge is 0.291 e. The lowest BCUT2D eigenvalue weighted by Crippen LogP contribution is -2.29. The summed E-state index contributed by atoms with van der Waals surface area (Å²) in [4.78, 5) is 22.8. The molecule has 2 aromatic heterocycles. The Labute approximate surface area is 122 Å². The molecule has 2 heterocycles. The van der Waals surface area contributed by atoms with Crippen molar-refractivity contribution in [1.29, 1.82) is 0 Å². The highest BCUT2D eigenvalue weighted by Gasteiger charge is 2.25. The predicted octanol–water partition coefficient (Wildman–Crippen LogP) is 3.14. The first-order chi connectivity index (χ1) is 9.43. The van der Waals surface area contributed by atoms with Gasteiger partial charge in [-0.3, -0.25) is 4.79 Å². The maximum absolute atomic E-state index is 12.5. The average Bonchev–Trinajstić information content (AvgIpc) is 3.02. The normalized spacial score (nSPS) is 12.4. The number of oxazole rings is 1. The number of carbonyl (C=O) groups is 1. The number of aromatic nitrogens is 2. The van der Waals surface area contributed by atoms with Gasteiger partial charge in [-0.1, -0.05) is 6.92 Å². The summed E-state index contributed by atoms with van der Waals surface area (Å²) in [5, 5.41) is 2.91. The number of nitrogens with zero attached hydrogens (tertiary/aromatic N) is 3. The maximum atomic E-state index is 12.5. The van der Waals surface area contributed by atoms with Gasteiger partial charge in [0.25, 0.3) is 5.91 Å². The minimum absolute atomic E-state index is 0.0872. The van der Waals surface area contributed by atoms with E-state index in [9.17, 15) is 4.79 Å². The largest absolute Gasteiger partial charge is 0.435 e. The SMILES string of the molecule is CCc1nc(C)c(C(=O)N(C)[C@H](C)c2nc(C)cs2)o1. The van der Waals surface area contributed by atoms with Gasteiger partial charge in [0.2, 0.25) is 5.76 Å². The van der Waals surface area contributed by atoms with Crippen molar-refractivity contribution >= 4 is 17.2 Å². The van der Waals surface area contributed by atoms with Crippen molar-refractivity contribution in [3.8, 4) is 0 Å². The van der Waals surface area contributed by atoms with Gasteiger partial charge in [-0.15, -0.1) is 11.3 Å². The van der Waals surface area contributed by atoms with Crippen LogP contribution in [0.3, 0.4) is 0 Å². The van der Waals surface area contributed by atoms with Crippen LogP contribution in [0.5, 0.6) is 0 Å². The van der Waals surface area contributed by atoms with Crippen LogP contribution in [-0.4, -0.2) is 27.8 Å². The van der Waals surface area contributed by atoms with Crippen LogP contribution in [0.15, 0.2) is 9.80 Å². The van der Waals surface area contributed by atoms with Crippen molar-refractivity contribution in [2.75, 3.05) is 7.05 Å². The number of carbonyl (C=O) groups excluding carboxylic acids is 1. The lowest BCUT2D eigenvalue weighted by molar-refractivity contribution is 0.0707. The van der Waals surface area contributed by atoms with E-state index in [-0.39, 0.29) is 11.9 Å². The molecule has 6 heteroatoms. The second-order valence-corrected chi connectivity index (χ2v) is 5.68. The van der Waals surface area contributed by atoms with Crippen molar-refractivity contribution in [3.05, 3.63) is 33.4 Å². The molecule has 0 aromatic carbocycles. The number of rotatable bonds is 4. The van der Waals surface area contributed by atoms with E-state index in [2.05, 4.69) is 9.97 Å². The third-order valence-electron chi connectivity index (χ3n) is 3.23. The second-order valence-electron chi connectivity index (χ2n) is 4.79. The topological polar surface area (TPSA) is 59.2 Å². The Kier molecular flexibility index (Phi) is 4.23. The fourth-order valence-corrected chi connectivity index (χ4v) is 2.76. The first-order valence-electron chi connectivity index (χ1n) is 6.59. The summed E-state index contributed by atoms with van der Waals surface area (Å²) in [5.74, 6) is 0.761. The van der Waals surface area contributed by atoms with Crippen molar-refractivity contribution in [1.82, 2.24) is 14.9 Å². The molecular weight excluding hydrogens is 274 g/mol. The van der Waals surface area contributed by atoms with Gasteiger partial charge in [-0.2, -0.15) is 0 Å². The van der Waals surface area contributed by atoms with Gasteiger partial charge in [0.05, 0.1) is 11.7 Å². The summed E-state index contributed by atoms with van der Waals surface area (Å²) < 4.78 is 5.52. The summed E-state index contributed by atoms with van der Waals surface area (Å²) in [6.07, 6.45) is 0.680. The number of aryl methyl sites for hydroxylation is 3. The maximum Gasteiger partial charge on any atom is 0.291 e. The van der Waals surface area contributed by atoms with Crippen molar-refractivity contribution in [3.63, 3.8) is 0 Å². The zero-order valence-electron chi connectivity index (χ0n) is 12.4. The minimum atomic E-state index is -0.157. The van der Waals surface area contributed by atoms with E-state index < -0.39 is 0 Å². The molecule has 1 amide bonds. The van der Waals surface area contributed by atoms with E-state index in [0.29, 0.717) is 23.8 Å². The zero-order valence-corrected chi connectivity index (χ0v) is 13.2. The van der Waals surface area contributed by atoms with Crippen LogP contribution in [-0.2, 0) is 6.42 Å². The van der Waals surface area contributed by atoms with E-state index >= 15 is 0 Å². The number of thiazole rings is 1. The van der Waals surface area contributed by atoms with Gasteiger partial charge >= 0.3 is 0 Å². The van der Waals surface area contributed by atoms with Crippen LogP contribution in [0.1, 0.15) is 52.7 Å². The molecule has 5 nitrogen and oxygen atoms in total.